The molecule has 0 saturated heterocycles. The average molecular weight is 398 g/mol. The van der Waals surface area contributed by atoms with Crippen LogP contribution in [0, 0.1) is 5.82 Å². The summed E-state index contributed by atoms with van der Waals surface area (Å²) in [6, 6.07) is 9.50. The van der Waals surface area contributed by atoms with Gasteiger partial charge in [0, 0.05) is 42.5 Å². The molecule has 0 aliphatic rings. The molecule has 28 heavy (non-hydrogen) atoms. The Balaban J connectivity index is 1.89. The molecule has 3 heterocycles. The zero-order chi connectivity index (χ0) is 19.8. The first kappa shape index (κ1) is 18.1. The molecule has 3 N–H and O–H groups in total. The molecule has 0 radical (unpaired) electrons. The van der Waals surface area contributed by atoms with Crippen LogP contribution in [-0.4, -0.2) is 29.0 Å². The summed E-state index contributed by atoms with van der Waals surface area (Å²) in [7, 11) is 3.63. The lowest BCUT2D eigenvalue weighted by atomic mass is 10.1. The molecule has 0 atom stereocenters. The van der Waals surface area contributed by atoms with Gasteiger partial charge in [-0.15, -0.1) is 0 Å². The number of benzene rings is 1. The number of halogens is 2. The van der Waals surface area contributed by atoms with E-state index in [1.54, 1.807) is 23.4 Å². The molecule has 0 aliphatic carbocycles. The fraction of sp³-hybridized carbons (Fsp3) is 0.100. The number of aromatic nitrogens is 3. The van der Waals surface area contributed by atoms with Crippen molar-refractivity contribution in [3.8, 4) is 11.1 Å². The number of H-pyrrole nitrogens is 2. The summed E-state index contributed by atoms with van der Waals surface area (Å²) < 4.78 is 14.4. The van der Waals surface area contributed by atoms with Crippen molar-refractivity contribution in [1.29, 1.82) is 0 Å². The molecule has 0 unspecified atom stereocenters. The Morgan fingerprint density at radius 2 is 1.93 bits per heavy atom. The van der Waals surface area contributed by atoms with Gasteiger partial charge < -0.3 is 20.2 Å². The van der Waals surface area contributed by atoms with E-state index >= 15 is 0 Å². The number of nitrogens with zero attached hydrogens (tertiary/aromatic N) is 2. The Kier molecular flexibility index (Phi) is 4.52. The van der Waals surface area contributed by atoms with E-state index in [0.29, 0.717) is 16.5 Å². The first-order valence-corrected chi connectivity index (χ1v) is 8.91. The number of hydrogen-bond donors (Lipinski definition) is 3. The van der Waals surface area contributed by atoms with E-state index in [1.807, 2.05) is 26.2 Å². The smallest absolute Gasteiger partial charge is 0.257 e. The van der Waals surface area contributed by atoms with Gasteiger partial charge in [0.15, 0.2) is 0 Å². The lowest BCUT2D eigenvalue weighted by Gasteiger charge is -2.19. The third-order valence-electron chi connectivity index (χ3n) is 4.42. The van der Waals surface area contributed by atoms with Gasteiger partial charge in [-0.25, -0.2) is 9.37 Å². The molecule has 4 rings (SSSR count). The normalized spacial score (nSPS) is 11.0. The second kappa shape index (κ2) is 7.01. The zero-order valence-electron chi connectivity index (χ0n) is 15.2. The van der Waals surface area contributed by atoms with Crippen molar-refractivity contribution < 1.29 is 4.39 Å². The van der Waals surface area contributed by atoms with Crippen LogP contribution >= 0.6 is 11.6 Å². The van der Waals surface area contributed by atoms with Gasteiger partial charge in [0.25, 0.3) is 5.56 Å². The maximum atomic E-state index is 14.4. The largest absolute Gasteiger partial charge is 0.362 e. The van der Waals surface area contributed by atoms with Gasteiger partial charge >= 0.3 is 0 Å². The van der Waals surface area contributed by atoms with Crippen molar-refractivity contribution in [3.63, 3.8) is 0 Å². The Labute approximate surface area is 165 Å². The predicted octanol–water partition coefficient (Wildman–Crippen LogP) is 4.52. The molecule has 0 amide bonds. The van der Waals surface area contributed by atoms with E-state index in [-0.39, 0.29) is 11.1 Å². The van der Waals surface area contributed by atoms with Crippen molar-refractivity contribution in [2.75, 3.05) is 24.3 Å². The fourth-order valence-corrected chi connectivity index (χ4v) is 3.26. The first-order valence-electron chi connectivity index (χ1n) is 8.53. The van der Waals surface area contributed by atoms with Crippen LogP contribution in [-0.2, 0) is 0 Å². The predicted molar refractivity (Wildman–Crippen MR) is 111 cm³/mol. The summed E-state index contributed by atoms with van der Waals surface area (Å²) in [4.78, 5) is 24.6. The van der Waals surface area contributed by atoms with E-state index in [1.165, 1.54) is 18.2 Å². The van der Waals surface area contributed by atoms with Crippen LogP contribution in [0.15, 0.2) is 53.6 Å². The molecule has 142 valence electrons. The summed E-state index contributed by atoms with van der Waals surface area (Å²) in [6.45, 7) is 0. The van der Waals surface area contributed by atoms with Crippen LogP contribution in [0.5, 0.6) is 0 Å². The van der Waals surface area contributed by atoms with Gasteiger partial charge in [-0.2, -0.15) is 0 Å². The fourth-order valence-electron chi connectivity index (χ4n) is 3.09. The molecule has 4 aromatic rings. The summed E-state index contributed by atoms with van der Waals surface area (Å²) in [5.41, 5.74) is 2.08. The third-order valence-corrected chi connectivity index (χ3v) is 4.65. The molecule has 0 spiro atoms. The molecular weight excluding hydrogens is 381 g/mol. The van der Waals surface area contributed by atoms with E-state index in [9.17, 15) is 9.18 Å². The molecule has 0 saturated carbocycles. The van der Waals surface area contributed by atoms with Gasteiger partial charge in [-0.3, -0.25) is 4.79 Å². The SMILES string of the molecule is CN(C)c1[nH]c(=O)c(-c2cc(Cl)ccc2F)cc1Nc1ccnc2[nH]ccc12. The monoisotopic (exact) mass is 397 g/mol. The maximum absolute atomic E-state index is 14.4. The van der Waals surface area contributed by atoms with Crippen LogP contribution in [0.1, 0.15) is 0 Å². The molecule has 0 fully saturated rings. The number of pyridine rings is 2. The van der Waals surface area contributed by atoms with E-state index in [4.69, 9.17) is 11.6 Å². The maximum Gasteiger partial charge on any atom is 0.257 e. The Bertz CT molecular complexity index is 1230. The number of nitrogens with one attached hydrogen (secondary N) is 3. The van der Waals surface area contributed by atoms with Gasteiger partial charge in [0.1, 0.15) is 17.3 Å². The number of aromatic amines is 2. The highest BCUT2D eigenvalue weighted by Gasteiger charge is 2.16. The summed E-state index contributed by atoms with van der Waals surface area (Å²) >= 11 is 6.01. The van der Waals surface area contributed by atoms with Crippen molar-refractivity contribution in [2.24, 2.45) is 0 Å². The minimum Gasteiger partial charge on any atom is -0.362 e. The third kappa shape index (κ3) is 3.20. The van der Waals surface area contributed by atoms with Crippen LogP contribution < -0.4 is 15.8 Å². The van der Waals surface area contributed by atoms with Gasteiger partial charge in [-0.05, 0) is 36.4 Å². The van der Waals surface area contributed by atoms with Gasteiger partial charge in [0.2, 0.25) is 0 Å². The van der Waals surface area contributed by atoms with E-state index in [0.717, 1.165) is 16.7 Å². The lowest BCUT2D eigenvalue weighted by molar-refractivity contribution is 0.631. The Morgan fingerprint density at radius 3 is 2.71 bits per heavy atom. The van der Waals surface area contributed by atoms with Crippen molar-refractivity contribution in [1.82, 2.24) is 15.0 Å². The van der Waals surface area contributed by atoms with Crippen LogP contribution in [0.2, 0.25) is 5.02 Å². The number of rotatable bonds is 4. The second-order valence-electron chi connectivity index (χ2n) is 6.52. The Hall–Kier alpha value is -3.32. The molecule has 3 aromatic heterocycles. The van der Waals surface area contributed by atoms with Crippen LogP contribution in [0.25, 0.3) is 22.2 Å². The highest BCUT2D eigenvalue weighted by Crippen LogP contribution is 2.32. The number of fused-ring (bicyclic) bond motifs is 1. The molecular formula is C20H17ClFN5O. The first-order chi connectivity index (χ1) is 13.4. The highest BCUT2D eigenvalue weighted by molar-refractivity contribution is 6.30. The zero-order valence-corrected chi connectivity index (χ0v) is 15.9. The molecule has 8 heteroatoms. The minimum absolute atomic E-state index is 0.142. The molecule has 6 nitrogen and oxygen atoms in total. The number of hydrogen-bond acceptors (Lipinski definition) is 4. The number of anilines is 3. The van der Waals surface area contributed by atoms with Gasteiger partial charge in [-0.1, -0.05) is 11.6 Å². The Morgan fingerprint density at radius 1 is 1.11 bits per heavy atom. The standard InChI is InChI=1S/C20H17ClFN5O/c1-27(2)19-17(25-16-6-8-24-18-12(16)5-7-23-18)10-14(20(28)26-19)13-9-11(21)3-4-15(13)22/h3-10H,1-2H3,(H,26,28)(H2,23,24,25). The summed E-state index contributed by atoms with van der Waals surface area (Å²) in [5, 5.41) is 4.58. The van der Waals surface area contributed by atoms with Gasteiger partial charge in [0.05, 0.1) is 16.9 Å². The summed E-state index contributed by atoms with van der Waals surface area (Å²) in [6.07, 6.45) is 3.48. The molecule has 0 aliphatic heterocycles. The molecule has 0 bridgehead atoms. The topological polar surface area (TPSA) is 76.8 Å². The minimum atomic E-state index is -0.518. The van der Waals surface area contributed by atoms with E-state index in [2.05, 4.69) is 20.3 Å². The highest BCUT2D eigenvalue weighted by atomic mass is 35.5. The van der Waals surface area contributed by atoms with Crippen molar-refractivity contribution in [3.05, 3.63) is 70.0 Å². The second-order valence-corrected chi connectivity index (χ2v) is 6.95. The quantitative estimate of drug-likeness (QED) is 0.473. The van der Waals surface area contributed by atoms with Crippen molar-refractivity contribution >= 4 is 39.8 Å². The van der Waals surface area contributed by atoms with Crippen LogP contribution in [0.3, 0.4) is 0 Å². The van der Waals surface area contributed by atoms with E-state index < -0.39 is 11.4 Å². The lowest BCUT2D eigenvalue weighted by Crippen LogP contribution is -2.20. The summed E-state index contributed by atoms with van der Waals surface area (Å²) in [5.74, 6) is 0.0482. The average Bonchev–Trinajstić information content (AvgIpc) is 3.14. The van der Waals surface area contributed by atoms with Crippen LogP contribution in [0.4, 0.5) is 21.6 Å². The molecule has 1 aromatic carbocycles. The van der Waals surface area contributed by atoms with Crippen molar-refractivity contribution in [2.45, 2.75) is 0 Å².